The predicted octanol–water partition coefficient (Wildman–Crippen LogP) is 2.83. The number of benzene rings is 2. The van der Waals surface area contributed by atoms with E-state index in [1.165, 1.54) is 12.1 Å². The molecule has 0 radical (unpaired) electrons. The van der Waals surface area contributed by atoms with E-state index in [0.717, 1.165) is 36.4 Å². The van der Waals surface area contributed by atoms with Gasteiger partial charge in [-0.1, -0.05) is 36.4 Å². The number of carbonyl (C=O) groups excluding carboxylic acids is 4. The molecule has 0 bridgehead atoms. The lowest BCUT2D eigenvalue weighted by Crippen LogP contribution is -2.38. The van der Waals surface area contributed by atoms with E-state index >= 15 is 0 Å². The molecular formula is C24H22F6N2O6. The van der Waals surface area contributed by atoms with Gasteiger partial charge in [0, 0.05) is 13.1 Å². The molecule has 2 N–H and O–H groups in total. The van der Waals surface area contributed by atoms with Crippen LogP contribution in [0.25, 0.3) is 0 Å². The zero-order valence-corrected chi connectivity index (χ0v) is 19.6. The molecule has 206 valence electrons. The van der Waals surface area contributed by atoms with Gasteiger partial charge in [0.15, 0.2) is 13.2 Å². The van der Waals surface area contributed by atoms with Gasteiger partial charge in [0.1, 0.15) is 0 Å². The van der Waals surface area contributed by atoms with Crippen LogP contribution >= 0.6 is 0 Å². The summed E-state index contributed by atoms with van der Waals surface area (Å²) < 4.78 is 85.7. The van der Waals surface area contributed by atoms with E-state index in [-0.39, 0.29) is 24.2 Å². The second-order valence-corrected chi connectivity index (χ2v) is 7.77. The first-order valence-electron chi connectivity index (χ1n) is 10.9. The van der Waals surface area contributed by atoms with E-state index in [2.05, 4.69) is 10.6 Å². The van der Waals surface area contributed by atoms with Gasteiger partial charge >= 0.3 is 24.3 Å². The number of ether oxygens (including phenoxy) is 2. The van der Waals surface area contributed by atoms with Crippen molar-refractivity contribution >= 4 is 23.8 Å². The number of alkyl halides is 6. The van der Waals surface area contributed by atoms with Gasteiger partial charge in [0.2, 0.25) is 0 Å². The maximum Gasteiger partial charge on any atom is 0.416 e. The van der Waals surface area contributed by atoms with Gasteiger partial charge in [-0.15, -0.1) is 0 Å². The molecule has 0 spiro atoms. The van der Waals surface area contributed by atoms with Crippen molar-refractivity contribution in [3.63, 3.8) is 0 Å². The number of amides is 2. The van der Waals surface area contributed by atoms with E-state index < -0.39 is 73.3 Å². The molecule has 0 unspecified atom stereocenters. The van der Waals surface area contributed by atoms with E-state index in [1.54, 1.807) is 0 Å². The highest BCUT2D eigenvalue weighted by atomic mass is 19.4. The van der Waals surface area contributed by atoms with Crippen LogP contribution in [0.1, 0.15) is 22.3 Å². The smallest absolute Gasteiger partial charge is 0.416 e. The Bertz CT molecular complexity index is 1060. The summed E-state index contributed by atoms with van der Waals surface area (Å²) >= 11 is 0. The molecule has 0 aliphatic heterocycles. The minimum absolute atomic E-state index is 0.0588. The Balaban J connectivity index is 1.60. The van der Waals surface area contributed by atoms with E-state index in [9.17, 15) is 45.5 Å². The van der Waals surface area contributed by atoms with E-state index in [4.69, 9.17) is 9.47 Å². The van der Waals surface area contributed by atoms with Crippen LogP contribution in [-0.2, 0) is 53.8 Å². The summed E-state index contributed by atoms with van der Waals surface area (Å²) in [5, 5.41) is 4.64. The van der Waals surface area contributed by atoms with Gasteiger partial charge in [-0.25, -0.2) is 0 Å². The minimum atomic E-state index is -4.57. The van der Waals surface area contributed by atoms with Crippen LogP contribution in [0.5, 0.6) is 0 Å². The lowest BCUT2D eigenvalue weighted by atomic mass is 10.1. The second kappa shape index (κ2) is 13.4. The Morgan fingerprint density at radius 2 is 1.00 bits per heavy atom. The largest absolute Gasteiger partial charge is 0.455 e. The summed E-state index contributed by atoms with van der Waals surface area (Å²) in [7, 11) is 0. The van der Waals surface area contributed by atoms with E-state index in [0.29, 0.717) is 0 Å². The number of esters is 2. The van der Waals surface area contributed by atoms with Crippen LogP contribution in [0, 0.1) is 0 Å². The number of hydrogen-bond acceptors (Lipinski definition) is 6. The lowest BCUT2D eigenvalue weighted by Gasteiger charge is -2.10. The zero-order valence-electron chi connectivity index (χ0n) is 19.6. The van der Waals surface area contributed by atoms with Gasteiger partial charge in [0.05, 0.1) is 24.0 Å². The van der Waals surface area contributed by atoms with Crippen LogP contribution in [0.4, 0.5) is 26.3 Å². The van der Waals surface area contributed by atoms with E-state index in [1.807, 2.05) is 0 Å². The molecular weight excluding hydrogens is 526 g/mol. The molecule has 0 saturated heterocycles. The average molecular weight is 548 g/mol. The monoisotopic (exact) mass is 548 g/mol. The first-order valence-corrected chi connectivity index (χ1v) is 10.9. The summed E-state index contributed by atoms with van der Waals surface area (Å²) in [6.07, 6.45) is -10.1. The fourth-order valence-electron chi connectivity index (χ4n) is 2.95. The van der Waals surface area contributed by atoms with Crippen molar-refractivity contribution in [3.8, 4) is 0 Å². The molecule has 2 aromatic carbocycles. The van der Waals surface area contributed by atoms with Crippen molar-refractivity contribution in [2.75, 3.05) is 26.3 Å². The van der Waals surface area contributed by atoms with Gasteiger partial charge in [-0.3, -0.25) is 19.2 Å². The van der Waals surface area contributed by atoms with Gasteiger partial charge in [-0.2, -0.15) is 26.3 Å². The van der Waals surface area contributed by atoms with Crippen molar-refractivity contribution in [2.45, 2.75) is 25.2 Å². The number of rotatable bonds is 11. The third-order valence-corrected chi connectivity index (χ3v) is 4.70. The minimum Gasteiger partial charge on any atom is -0.455 e. The standard InChI is InChI=1S/C24H22F6N2O6/c25-23(26,27)17-5-1-3-15(9-17)11-21(35)37-13-19(33)31-7-8-32-20(34)14-38-22(36)12-16-4-2-6-18(10-16)24(28,29)30/h1-6,9-10H,7-8,11-14H2,(H,31,33)(H,32,34). The highest BCUT2D eigenvalue weighted by molar-refractivity contribution is 5.82. The van der Waals surface area contributed by atoms with Crippen LogP contribution in [-0.4, -0.2) is 50.1 Å². The highest BCUT2D eigenvalue weighted by Crippen LogP contribution is 2.30. The van der Waals surface area contributed by atoms with Crippen molar-refractivity contribution in [3.05, 3.63) is 70.8 Å². The number of nitrogens with one attached hydrogen (secondary N) is 2. The second-order valence-electron chi connectivity index (χ2n) is 7.77. The van der Waals surface area contributed by atoms with Crippen LogP contribution in [0.15, 0.2) is 48.5 Å². The molecule has 0 fully saturated rings. The Kier molecular flexibility index (Phi) is 10.7. The molecule has 8 nitrogen and oxygen atoms in total. The van der Waals surface area contributed by atoms with Crippen molar-refractivity contribution in [2.24, 2.45) is 0 Å². The molecule has 0 saturated carbocycles. The molecule has 2 rings (SSSR count). The summed E-state index contributed by atoms with van der Waals surface area (Å²) in [4.78, 5) is 47.0. The first kappa shape index (κ1) is 30.1. The molecule has 2 amide bonds. The van der Waals surface area contributed by atoms with Crippen molar-refractivity contribution in [1.29, 1.82) is 0 Å². The molecule has 0 atom stereocenters. The maximum absolute atomic E-state index is 12.7. The van der Waals surface area contributed by atoms with Gasteiger partial charge in [-0.05, 0) is 23.3 Å². The fraction of sp³-hybridized carbons (Fsp3) is 0.333. The van der Waals surface area contributed by atoms with Gasteiger partial charge < -0.3 is 20.1 Å². The lowest BCUT2D eigenvalue weighted by molar-refractivity contribution is -0.148. The zero-order chi connectivity index (χ0) is 28.3. The average Bonchev–Trinajstić information content (AvgIpc) is 2.83. The van der Waals surface area contributed by atoms with Gasteiger partial charge in [0.25, 0.3) is 11.8 Å². The summed E-state index contributed by atoms with van der Waals surface area (Å²) in [5.41, 5.74) is -1.73. The molecule has 14 heteroatoms. The normalized spacial score (nSPS) is 11.4. The number of halogens is 6. The van der Waals surface area contributed by atoms with Crippen molar-refractivity contribution in [1.82, 2.24) is 10.6 Å². The topological polar surface area (TPSA) is 111 Å². The predicted molar refractivity (Wildman–Crippen MR) is 118 cm³/mol. The number of carbonyl (C=O) groups is 4. The quantitative estimate of drug-likeness (QED) is 0.254. The van der Waals surface area contributed by atoms with Crippen molar-refractivity contribution < 1.29 is 55.0 Å². The fourth-order valence-corrected chi connectivity index (χ4v) is 2.95. The Morgan fingerprint density at radius 3 is 1.34 bits per heavy atom. The molecule has 2 aromatic rings. The Labute approximate surface area is 212 Å². The molecule has 38 heavy (non-hydrogen) atoms. The van der Waals surface area contributed by atoms with Crippen LogP contribution < -0.4 is 10.6 Å². The maximum atomic E-state index is 12.7. The van der Waals surface area contributed by atoms with Crippen LogP contribution in [0.2, 0.25) is 0 Å². The molecule has 0 heterocycles. The Hall–Kier alpha value is -4.10. The number of hydrogen-bond donors (Lipinski definition) is 2. The third-order valence-electron chi connectivity index (χ3n) is 4.70. The first-order chi connectivity index (χ1) is 17.7. The summed E-state index contributed by atoms with van der Waals surface area (Å²) in [6, 6.07) is 8.20. The molecule has 0 aliphatic rings. The SMILES string of the molecule is O=C(COC(=O)Cc1cccc(C(F)(F)F)c1)NCCNC(=O)COC(=O)Cc1cccc(C(F)(F)F)c1. The van der Waals surface area contributed by atoms with Crippen LogP contribution in [0.3, 0.4) is 0 Å². The summed E-state index contributed by atoms with van der Waals surface area (Å²) in [5.74, 6) is -3.30. The molecule has 0 aliphatic carbocycles. The Morgan fingerprint density at radius 1 is 0.632 bits per heavy atom. The molecule has 0 aromatic heterocycles. The summed E-state index contributed by atoms with van der Waals surface area (Å²) in [6.45, 7) is -1.57. The third kappa shape index (κ3) is 10.9. The highest BCUT2D eigenvalue weighted by Gasteiger charge is 2.31.